The van der Waals surface area contributed by atoms with Crippen LogP contribution in [-0.4, -0.2) is 36.0 Å². The van der Waals surface area contributed by atoms with Gasteiger partial charge in [-0.2, -0.15) is 0 Å². The third-order valence-electron chi connectivity index (χ3n) is 5.85. The molecule has 182 valence electrons. The monoisotopic (exact) mass is 524 g/mol. The van der Waals surface area contributed by atoms with Gasteiger partial charge in [-0.05, 0) is 54.1 Å². The second-order valence-electron chi connectivity index (χ2n) is 7.90. The van der Waals surface area contributed by atoms with Gasteiger partial charge in [0.2, 0.25) is 0 Å². The van der Waals surface area contributed by atoms with Crippen molar-refractivity contribution in [1.82, 2.24) is 4.98 Å². The summed E-state index contributed by atoms with van der Waals surface area (Å²) >= 11 is 7.19. The molecule has 0 saturated carbocycles. The van der Waals surface area contributed by atoms with Gasteiger partial charge in [0.25, 0.3) is 5.78 Å². The van der Waals surface area contributed by atoms with Crippen molar-refractivity contribution < 1.29 is 28.6 Å². The number of amides is 1. The van der Waals surface area contributed by atoms with Gasteiger partial charge in [-0.15, -0.1) is 0 Å². The summed E-state index contributed by atoms with van der Waals surface area (Å²) in [6, 6.07) is 14.4. The number of ether oxygens (including phenoxy) is 2. The lowest BCUT2D eigenvalue weighted by molar-refractivity contribution is -0.132. The van der Waals surface area contributed by atoms with Crippen LogP contribution in [0.1, 0.15) is 17.2 Å². The second kappa shape index (κ2) is 9.25. The average Bonchev–Trinajstić information content (AvgIpc) is 3.41. The fourth-order valence-corrected chi connectivity index (χ4v) is 5.30. The lowest BCUT2D eigenvalue weighted by Gasteiger charge is -2.23. The van der Waals surface area contributed by atoms with Crippen LogP contribution in [0.25, 0.3) is 16.0 Å². The summed E-state index contributed by atoms with van der Waals surface area (Å²) in [6.07, 6.45) is 0. The number of ketones is 1. The maximum Gasteiger partial charge on any atom is 0.301 e. The fourth-order valence-electron chi connectivity index (χ4n) is 4.08. The normalized spacial score (nSPS) is 17.1. The smallest absolute Gasteiger partial charge is 0.301 e. The van der Waals surface area contributed by atoms with E-state index in [1.165, 1.54) is 55.5 Å². The highest BCUT2D eigenvalue weighted by atomic mass is 35.5. The minimum atomic E-state index is -0.997. The van der Waals surface area contributed by atoms with Crippen LogP contribution >= 0.6 is 22.9 Å². The first kappa shape index (κ1) is 23.8. The Kier molecular flexibility index (Phi) is 6.11. The van der Waals surface area contributed by atoms with Crippen LogP contribution in [0.3, 0.4) is 0 Å². The number of methoxy groups -OCH3 is 2. The van der Waals surface area contributed by atoms with Crippen molar-refractivity contribution >= 4 is 55.7 Å². The first-order valence-electron chi connectivity index (χ1n) is 10.7. The van der Waals surface area contributed by atoms with Crippen molar-refractivity contribution in [2.24, 2.45) is 0 Å². The highest BCUT2D eigenvalue weighted by Crippen LogP contribution is 2.45. The number of nitrogens with zero attached hydrogens (tertiary/aromatic N) is 2. The zero-order valence-corrected chi connectivity index (χ0v) is 20.6. The van der Waals surface area contributed by atoms with E-state index >= 15 is 0 Å². The van der Waals surface area contributed by atoms with Gasteiger partial charge in [0.1, 0.15) is 23.1 Å². The maximum atomic E-state index is 13.8. The third kappa shape index (κ3) is 3.96. The molecule has 3 aromatic carbocycles. The standard InChI is InChI=1S/C26H18ClFN2O5S/c1-34-16-7-3-13(4-8-16)22-21(23(31)14-5-9-17(27)19(11-14)35-2)24(32)25(33)30(22)26-29-18-10-6-15(28)12-20(18)36-26/h3-12,22,31H,1-2H3/b23-21+. The van der Waals surface area contributed by atoms with E-state index in [9.17, 15) is 19.1 Å². The van der Waals surface area contributed by atoms with Crippen molar-refractivity contribution in [3.8, 4) is 11.5 Å². The molecule has 1 aliphatic rings. The zero-order valence-electron chi connectivity index (χ0n) is 19.0. The molecule has 1 aliphatic heterocycles. The number of carbonyl (C=O) groups excluding carboxylic acids is 2. The summed E-state index contributed by atoms with van der Waals surface area (Å²) in [4.78, 5) is 32.4. The van der Waals surface area contributed by atoms with Crippen molar-refractivity contribution in [2.75, 3.05) is 19.1 Å². The number of aromatic nitrogens is 1. The van der Waals surface area contributed by atoms with Gasteiger partial charge in [-0.25, -0.2) is 9.37 Å². The van der Waals surface area contributed by atoms with E-state index in [2.05, 4.69) is 4.98 Å². The van der Waals surface area contributed by atoms with Gasteiger partial charge in [0, 0.05) is 5.56 Å². The van der Waals surface area contributed by atoms with E-state index in [-0.39, 0.29) is 16.3 Å². The Morgan fingerprint density at radius 2 is 1.81 bits per heavy atom. The first-order valence-corrected chi connectivity index (χ1v) is 11.9. The van der Waals surface area contributed by atoms with E-state index in [1.807, 2.05) is 0 Å². The molecule has 10 heteroatoms. The van der Waals surface area contributed by atoms with Gasteiger partial charge in [-0.3, -0.25) is 14.5 Å². The Morgan fingerprint density at radius 3 is 2.50 bits per heavy atom. The number of aliphatic hydroxyl groups is 1. The lowest BCUT2D eigenvalue weighted by atomic mass is 9.95. The molecular formula is C26H18ClFN2O5S. The van der Waals surface area contributed by atoms with Crippen LogP contribution in [0.5, 0.6) is 11.5 Å². The van der Waals surface area contributed by atoms with E-state index in [4.69, 9.17) is 21.1 Å². The molecule has 4 aromatic rings. The zero-order chi connectivity index (χ0) is 25.6. The topological polar surface area (TPSA) is 89.0 Å². The van der Waals surface area contributed by atoms with E-state index in [0.717, 1.165) is 11.3 Å². The summed E-state index contributed by atoms with van der Waals surface area (Å²) in [7, 11) is 2.95. The fraction of sp³-hybridized carbons (Fsp3) is 0.115. The highest BCUT2D eigenvalue weighted by Gasteiger charge is 2.48. The number of benzene rings is 3. The van der Waals surface area contributed by atoms with Crippen molar-refractivity contribution in [2.45, 2.75) is 6.04 Å². The number of halogens is 2. The molecule has 1 fully saturated rings. The number of rotatable bonds is 5. The maximum absolute atomic E-state index is 13.8. The third-order valence-corrected chi connectivity index (χ3v) is 7.18. The Hall–Kier alpha value is -3.95. The van der Waals surface area contributed by atoms with E-state index in [1.54, 1.807) is 24.3 Å². The number of hydrogen-bond donors (Lipinski definition) is 1. The van der Waals surface area contributed by atoms with Crippen molar-refractivity contribution in [1.29, 1.82) is 0 Å². The Morgan fingerprint density at radius 1 is 1.06 bits per heavy atom. The van der Waals surface area contributed by atoms with Crippen LogP contribution < -0.4 is 14.4 Å². The lowest BCUT2D eigenvalue weighted by Crippen LogP contribution is -2.29. The highest BCUT2D eigenvalue weighted by molar-refractivity contribution is 7.22. The van der Waals surface area contributed by atoms with Gasteiger partial charge in [0.15, 0.2) is 5.13 Å². The number of carbonyl (C=O) groups is 2. The molecule has 2 heterocycles. The largest absolute Gasteiger partial charge is 0.507 e. The molecule has 0 aliphatic carbocycles. The van der Waals surface area contributed by atoms with Gasteiger partial charge < -0.3 is 14.6 Å². The van der Waals surface area contributed by atoms with Gasteiger partial charge >= 0.3 is 5.91 Å². The molecule has 5 rings (SSSR count). The SMILES string of the molecule is COc1ccc(C2/C(=C(\O)c3ccc(Cl)c(OC)c3)C(=O)C(=O)N2c2nc3ccc(F)cc3s2)cc1. The van der Waals surface area contributed by atoms with Crippen LogP contribution in [0.15, 0.2) is 66.2 Å². The predicted octanol–water partition coefficient (Wildman–Crippen LogP) is 5.73. The van der Waals surface area contributed by atoms with Crippen LogP contribution in [-0.2, 0) is 9.59 Å². The summed E-state index contributed by atoms with van der Waals surface area (Å²) in [5, 5.41) is 11.8. The Balaban J connectivity index is 1.72. The van der Waals surface area contributed by atoms with Gasteiger partial charge in [0.05, 0.1) is 41.1 Å². The van der Waals surface area contributed by atoms with Crippen molar-refractivity contribution in [3.05, 3.63) is 88.2 Å². The van der Waals surface area contributed by atoms with Gasteiger partial charge in [-0.1, -0.05) is 35.1 Å². The van der Waals surface area contributed by atoms with Crippen molar-refractivity contribution in [3.63, 3.8) is 0 Å². The molecule has 1 amide bonds. The van der Waals surface area contributed by atoms with Crippen LogP contribution in [0.2, 0.25) is 5.02 Å². The molecule has 0 radical (unpaired) electrons. The Labute approximate surface area is 214 Å². The summed E-state index contributed by atoms with van der Waals surface area (Å²) < 4.78 is 24.8. The average molecular weight is 525 g/mol. The molecular weight excluding hydrogens is 507 g/mol. The van der Waals surface area contributed by atoms with E-state index < -0.39 is 29.3 Å². The molecule has 1 N–H and O–H groups in total. The first-order chi connectivity index (χ1) is 17.3. The molecule has 1 atom stereocenters. The summed E-state index contributed by atoms with van der Waals surface area (Å²) in [5.41, 5.74) is 1.15. The molecule has 1 saturated heterocycles. The quantitative estimate of drug-likeness (QED) is 0.204. The number of anilines is 1. The molecule has 0 spiro atoms. The summed E-state index contributed by atoms with van der Waals surface area (Å²) in [6.45, 7) is 0. The molecule has 1 aromatic heterocycles. The summed E-state index contributed by atoms with van der Waals surface area (Å²) in [5.74, 6) is -1.70. The number of fused-ring (bicyclic) bond motifs is 1. The predicted molar refractivity (Wildman–Crippen MR) is 135 cm³/mol. The van der Waals surface area contributed by atoms with Crippen LogP contribution in [0.4, 0.5) is 9.52 Å². The second-order valence-corrected chi connectivity index (χ2v) is 9.32. The minimum Gasteiger partial charge on any atom is -0.507 e. The number of aliphatic hydroxyl groups excluding tert-OH is 1. The number of hydrogen-bond acceptors (Lipinski definition) is 7. The number of thiazole rings is 1. The van der Waals surface area contributed by atoms with Crippen LogP contribution in [0, 0.1) is 5.82 Å². The van der Waals surface area contributed by atoms with E-state index in [0.29, 0.717) is 32.3 Å². The molecule has 0 bridgehead atoms. The minimum absolute atomic E-state index is 0.125. The number of Topliss-reactive ketones (excluding diaryl/α,β-unsaturated/α-hetero) is 1. The molecule has 36 heavy (non-hydrogen) atoms. The molecule has 7 nitrogen and oxygen atoms in total. The Bertz CT molecular complexity index is 1550. The molecule has 1 unspecified atom stereocenters.